The van der Waals surface area contributed by atoms with Gasteiger partial charge in [0.05, 0.1) is 6.61 Å². The molecule has 16 heavy (non-hydrogen) atoms. The first kappa shape index (κ1) is 14.1. The number of methoxy groups -OCH3 is 1. The van der Waals surface area contributed by atoms with E-state index < -0.39 is 0 Å². The second kappa shape index (κ2) is 8.20. The molecule has 92 valence electrons. The predicted molar refractivity (Wildman–Crippen MR) is 72.8 cm³/mol. The van der Waals surface area contributed by atoms with Gasteiger partial charge in [-0.2, -0.15) is 0 Å². The number of ether oxygens (including phenoxy) is 1. The van der Waals surface area contributed by atoms with E-state index in [2.05, 4.69) is 32.7 Å². The fourth-order valence-corrected chi connectivity index (χ4v) is 2.90. The predicted octanol–water partition coefficient (Wildman–Crippen LogP) is 2.35. The minimum absolute atomic E-state index is 0.398. The second-order valence-electron chi connectivity index (χ2n) is 3.70. The molecule has 0 aromatic carbocycles. The molecule has 0 saturated heterocycles. The zero-order valence-corrected chi connectivity index (χ0v) is 11.9. The van der Waals surface area contributed by atoms with Crippen molar-refractivity contribution < 1.29 is 4.74 Å². The quantitative estimate of drug-likeness (QED) is 0.775. The van der Waals surface area contributed by atoms with Crippen LogP contribution in [0.4, 0.5) is 0 Å². The molecule has 0 aliphatic heterocycles. The summed E-state index contributed by atoms with van der Waals surface area (Å²) in [4.78, 5) is 1.33. The van der Waals surface area contributed by atoms with Crippen molar-refractivity contribution in [3.05, 3.63) is 20.8 Å². The van der Waals surface area contributed by atoms with Crippen LogP contribution in [-0.2, 0) is 11.3 Å². The first-order valence-electron chi connectivity index (χ1n) is 5.41. The maximum Gasteiger partial charge on any atom is 0.0615 e. The summed E-state index contributed by atoms with van der Waals surface area (Å²) in [5.74, 6) is 0. The molecule has 0 amide bonds. The lowest BCUT2D eigenvalue weighted by Gasteiger charge is -2.16. The molecule has 0 spiro atoms. The molecule has 1 aromatic rings. The topological polar surface area (TPSA) is 47.3 Å². The largest absolute Gasteiger partial charge is 0.383 e. The van der Waals surface area contributed by atoms with Crippen LogP contribution in [-0.4, -0.2) is 26.3 Å². The van der Waals surface area contributed by atoms with E-state index in [9.17, 15) is 0 Å². The molecule has 0 radical (unpaired) electrons. The van der Waals surface area contributed by atoms with E-state index in [-0.39, 0.29) is 0 Å². The Bertz CT molecular complexity index is 293. The van der Waals surface area contributed by atoms with Gasteiger partial charge in [-0.25, -0.2) is 0 Å². The van der Waals surface area contributed by atoms with Crippen molar-refractivity contribution in [2.75, 3.05) is 20.3 Å². The maximum atomic E-state index is 5.51. The molecule has 1 aromatic heterocycles. The van der Waals surface area contributed by atoms with Crippen molar-refractivity contribution >= 4 is 27.3 Å². The fourth-order valence-electron chi connectivity index (χ4n) is 1.50. The average molecular weight is 307 g/mol. The van der Waals surface area contributed by atoms with Gasteiger partial charge in [0, 0.05) is 34.4 Å². The number of hydrogen-bond acceptors (Lipinski definition) is 4. The van der Waals surface area contributed by atoms with E-state index in [1.165, 1.54) is 4.88 Å². The van der Waals surface area contributed by atoms with Crippen LogP contribution in [0, 0.1) is 0 Å². The molecule has 0 saturated carbocycles. The summed E-state index contributed by atoms with van der Waals surface area (Å²) in [7, 11) is 1.73. The smallest absolute Gasteiger partial charge is 0.0615 e. The van der Waals surface area contributed by atoms with Crippen LogP contribution in [0.3, 0.4) is 0 Å². The van der Waals surface area contributed by atoms with Gasteiger partial charge in [0.2, 0.25) is 0 Å². The van der Waals surface area contributed by atoms with Gasteiger partial charge in [0.25, 0.3) is 0 Å². The van der Waals surface area contributed by atoms with Crippen LogP contribution in [0.5, 0.6) is 0 Å². The van der Waals surface area contributed by atoms with Gasteiger partial charge >= 0.3 is 0 Å². The minimum atomic E-state index is 0.398. The van der Waals surface area contributed by atoms with Gasteiger partial charge in [0.1, 0.15) is 0 Å². The van der Waals surface area contributed by atoms with Crippen molar-refractivity contribution in [1.82, 2.24) is 5.32 Å². The fraction of sp³-hybridized carbons (Fsp3) is 0.636. The third-order valence-electron chi connectivity index (χ3n) is 2.31. The van der Waals surface area contributed by atoms with Crippen molar-refractivity contribution in [2.24, 2.45) is 5.73 Å². The SMILES string of the molecule is COCC(CCCN)NCc1cc(Br)cs1. The highest BCUT2D eigenvalue weighted by molar-refractivity contribution is 9.10. The summed E-state index contributed by atoms with van der Waals surface area (Å²) in [6.07, 6.45) is 2.10. The van der Waals surface area contributed by atoms with Crippen LogP contribution in [0.1, 0.15) is 17.7 Å². The lowest BCUT2D eigenvalue weighted by molar-refractivity contribution is 0.161. The highest BCUT2D eigenvalue weighted by Gasteiger charge is 2.07. The maximum absolute atomic E-state index is 5.51. The summed E-state index contributed by atoms with van der Waals surface area (Å²) in [6, 6.07) is 2.54. The van der Waals surface area contributed by atoms with E-state index in [1.54, 1.807) is 18.4 Å². The highest BCUT2D eigenvalue weighted by Crippen LogP contribution is 2.19. The minimum Gasteiger partial charge on any atom is -0.383 e. The molecule has 1 unspecified atom stereocenters. The number of thiophene rings is 1. The molecule has 0 aliphatic rings. The molecule has 1 heterocycles. The van der Waals surface area contributed by atoms with Gasteiger partial charge in [-0.15, -0.1) is 11.3 Å². The monoisotopic (exact) mass is 306 g/mol. The second-order valence-corrected chi connectivity index (χ2v) is 5.61. The summed E-state index contributed by atoms with van der Waals surface area (Å²) >= 11 is 5.21. The molecular weight excluding hydrogens is 288 g/mol. The van der Waals surface area contributed by atoms with E-state index >= 15 is 0 Å². The van der Waals surface area contributed by atoms with Crippen LogP contribution >= 0.6 is 27.3 Å². The third kappa shape index (κ3) is 5.41. The molecule has 1 rings (SSSR count). The lowest BCUT2D eigenvalue weighted by atomic mass is 10.1. The van der Waals surface area contributed by atoms with E-state index in [4.69, 9.17) is 10.5 Å². The molecule has 0 aliphatic carbocycles. The standard InChI is InChI=1S/C11H19BrN2OS/c1-15-7-10(3-2-4-13)14-6-11-5-9(12)8-16-11/h5,8,10,14H,2-4,6-7,13H2,1H3. The van der Waals surface area contributed by atoms with Crippen LogP contribution in [0.15, 0.2) is 15.9 Å². The van der Waals surface area contributed by atoms with Crippen LogP contribution in [0.25, 0.3) is 0 Å². The van der Waals surface area contributed by atoms with E-state index in [1.807, 2.05) is 0 Å². The van der Waals surface area contributed by atoms with Gasteiger partial charge in [-0.05, 0) is 41.4 Å². The zero-order valence-electron chi connectivity index (χ0n) is 9.54. The van der Waals surface area contributed by atoms with Crippen LogP contribution < -0.4 is 11.1 Å². The summed E-state index contributed by atoms with van der Waals surface area (Å²) in [5.41, 5.74) is 5.51. The lowest BCUT2D eigenvalue weighted by Crippen LogP contribution is -2.33. The molecule has 5 heteroatoms. The Morgan fingerprint density at radius 1 is 1.62 bits per heavy atom. The Kier molecular flexibility index (Phi) is 7.23. The molecule has 3 N–H and O–H groups in total. The van der Waals surface area contributed by atoms with Crippen molar-refractivity contribution in [2.45, 2.75) is 25.4 Å². The normalized spacial score (nSPS) is 12.9. The first-order chi connectivity index (χ1) is 7.76. The number of nitrogens with one attached hydrogen (secondary N) is 1. The van der Waals surface area contributed by atoms with E-state index in [0.29, 0.717) is 6.04 Å². The van der Waals surface area contributed by atoms with Crippen molar-refractivity contribution in [3.8, 4) is 0 Å². The zero-order chi connectivity index (χ0) is 11.8. The summed E-state index contributed by atoms with van der Waals surface area (Å²) in [5, 5.41) is 5.59. The number of hydrogen-bond donors (Lipinski definition) is 2. The molecule has 3 nitrogen and oxygen atoms in total. The Morgan fingerprint density at radius 2 is 2.44 bits per heavy atom. The molecular formula is C11H19BrN2OS. The Morgan fingerprint density at radius 3 is 3.00 bits per heavy atom. The Labute approximate surface area is 109 Å². The number of halogens is 1. The van der Waals surface area contributed by atoms with Gasteiger partial charge < -0.3 is 15.8 Å². The molecule has 0 bridgehead atoms. The van der Waals surface area contributed by atoms with E-state index in [0.717, 1.165) is 37.0 Å². The van der Waals surface area contributed by atoms with Gasteiger partial charge in [0.15, 0.2) is 0 Å². The number of nitrogens with two attached hydrogens (primary N) is 1. The highest BCUT2D eigenvalue weighted by atomic mass is 79.9. The van der Waals surface area contributed by atoms with Crippen molar-refractivity contribution in [3.63, 3.8) is 0 Å². The third-order valence-corrected chi connectivity index (χ3v) is 4.01. The Balaban J connectivity index is 2.30. The average Bonchev–Trinajstić information content (AvgIpc) is 2.68. The molecule has 1 atom stereocenters. The van der Waals surface area contributed by atoms with Gasteiger partial charge in [-0.3, -0.25) is 0 Å². The molecule has 0 fully saturated rings. The van der Waals surface area contributed by atoms with Gasteiger partial charge in [-0.1, -0.05) is 0 Å². The first-order valence-corrected chi connectivity index (χ1v) is 7.08. The van der Waals surface area contributed by atoms with Crippen molar-refractivity contribution in [1.29, 1.82) is 0 Å². The Hall–Kier alpha value is 0.0600. The van der Waals surface area contributed by atoms with Crippen LogP contribution in [0.2, 0.25) is 0 Å². The summed E-state index contributed by atoms with van der Waals surface area (Å²) in [6.45, 7) is 2.38. The summed E-state index contributed by atoms with van der Waals surface area (Å²) < 4.78 is 6.34. The number of rotatable bonds is 8.